The van der Waals surface area contributed by atoms with Gasteiger partial charge in [-0.3, -0.25) is 9.78 Å². The molecule has 1 heterocycles. The third-order valence-electron chi connectivity index (χ3n) is 4.06. The Morgan fingerprint density at radius 1 is 1.27 bits per heavy atom. The molecule has 2 rings (SSSR count). The Hall–Kier alpha value is -1.87. The normalized spacial score (nSPS) is 14.4. The van der Waals surface area contributed by atoms with Crippen LogP contribution in [0.25, 0.3) is 0 Å². The van der Waals surface area contributed by atoms with Crippen LogP contribution >= 0.6 is 12.2 Å². The molecular formula is C17H24F3N3O2S. The number of nitrogens with one attached hydrogen (secondary N) is 1. The Kier molecular flexibility index (Phi) is 7.01. The second-order valence-electron chi connectivity index (χ2n) is 6.58. The summed E-state index contributed by atoms with van der Waals surface area (Å²) in [6.07, 6.45) is -3.55. The number of hydrogen-bond donors (Lipinski definition) is 2. The highest BCUT2D eigenvalue weighted by Gasteiger charge is 2.34. The molecule has 0 aliphatic rings. The number of benzene rings is 1. The molecule has 1 aromatic carbocycles. The summed E-state index contributed by atoms with van der Waals surface area (Å²) in [5, 5.41) is 13.6. The van der Waals surface area contributed by atoms with Crippen LogP contribution in [0, 0.1) is 10.2 Å². The van der Waals surface area contributed by atoms with E-state index >= 15 is 0 Å². The van der Waals surface area contributed by atoms with Crippen molar-refractivity contribution in [2.24, 2.45) is 5.41 Å². The number of ether oxygens (including phenoxy) is 1. The molecule has 146 valence electrons. The minimum Gasteiger partial charge on any atom is -0.406 e. The molecule has 26 heavy (non-hydrogen) atoms. The predicted octanol–water partition coefficient (Wildman–Crippen LogP) is 4.67. The van der Waals surface area contributed by atoms with E-state index in [4.69, 9.17) is 12.2 Å². The fourth-order valence-corrected chi connectivity index (χ4v) is 3.06. The SMILES string of the molecule is C.CC(C(O)C(C)(C)Cc1ccc(OC(F)(F)F)cc1)n1[nH]cnc1=S. The zero-order valence-corrected chi connectivity index (χ0v) is 14.9. The highest BCUT2D eigenvalue weighted by Crippen LogP contribution is 2.33. The van der Waals surface area contributed by atoms with Gasteiger partial charge < -0.3 is 9.84 Å². The van der Waals surface area contributed by atoms with Gasteiger partial charge in [0.1, 0.15) is 12.1 Å². The van der Waals surface area contributed by atoms with Crippen LogP contribution in [0.5, 0.6) is 5.75 Å². The van der Waals surface area contributed by atoms with E-state index in [0.29, 0.717) is 11.2 Å². The topological polar surface area (TPSA) is 63.1 Å². The lowest BCUT2D eigenvalue weighted by molar-refractivity contribution is -0.274. The first-order chi connectivity index (χ1) is 11.5. The zero-order chi connectivity index (χ0) is 18.8. The molecule has 0 amide bonds. The van der Waals surface area contributed by atoms with Gasteiger partial charge in [0.15, 0.2) is 0 Å². The highest BCUT2D eigenvalue weighted by atomic mass is 32.1. The molecule has 0 radical (unpaired) electrons. The Morgan fingerprint density at radius 3 is 2.31 bits per heavy atom. The number of aliphatic hydroxyl groups is 1. The van der Waals surface area contributed by atoms with Gasteiger partial charge in [-0.2, -0.15) is 0 Å². The van der Waals surface area contributed by atoms with Crippen LogP contribution in [0.15, 0.2) is 30.6 Å². The Labute approximate surface area is 155 Å². The molecule has 2 N–H and O–H groups in total. The fourth-order valence-electron chi connectivity index (χ4n) is 2.79. The minimum atomic E-state index is -4.71. The van der Waals surface area contributed by atoms with Crippen LogP contribution in [-0.4, -0.2) is 32.3 Å². The molecule has 0 aliphatic heterocycles. The van der Waals surface area contributed by atoms with E-state index in [1.54, 1.807) is 16.8 Å². The summed E-state index contributed by atoms with van der Waals surface area (Å²) in [5.41, 5.74) is 0.241. The Morgan fingerprint density at radius 2 is 1.85 bits per heavy atom. The average molecular weight is 391 g/mol. The second kappa shape index (κ2) is 8.22. The van der Waals surface area contributed by atoms with Crippen LogP contribution in [0.4, 0.5) is 13.2 Å². The maximum Gasteiger partial charge on any atom is 0.573 e. The van der Waals surface area contributed by atoms with E-state index in [0.717, 1.165) is 5.56 Å². The maximum absolute atomic E-state index is 12.2. The van der Waals surface area contributed by atoms with Crippen molar-refractivity contribution in [1.29, 1.82) is 0 Å². The number of hydrogen-bond acceptors (Lipinski definition) is 4. The lowest BCUT2D eigenvalue weighted by Crippen LogP contribution is -2.38. The first-order valence-electron chi connectivity index (χ1n) is 7.64. The molecule has 2 unspecified atom stereocenters. The molecule has 2 atom stereocenters. The van der Waals surface area contributed by atoms with Crippen molar-refractivity contribution < 1.29 is 23.0 Å². The standard InChI is InChI=1S/C16H20F3N3O2S.CH4/c1-10(22-14(25)20-9-21-22)13(23)15(2,3)8-11-4-6-12(7-5-11)24-16(17,18)19;/h4-7,9-10,13,23H,8H2,1-3H3,(H,20,21,25);1H4. The van der Waals surface area contributed by atoms with E-state index in [1.165, 1.54) is 18.5 Å². The van der Waals surface area contributed by atoms with Crippen molar-refractivity contribution >= 4 is 12.2 Å². The second-order valence-corrected chi connectivity index (χ2v) is 6.95. The highest BCUT2D eigenvalue weighted by molar-refractivity contribution is 7.71. The molecule has 0 spiro atoms. The maximum atomic E-state index is 12.2. The summed E-state index contributed by atoms with van der Waals surface area (Å²) in [4.78, 5) is 3.93. The summed E-state index contributed by atoms with van der Waals surface area (Å²) in [6.45, 7) is 5.59. The zero-order valence-electron chi connectivity index (χ0n) is 14.0. The van der Waals surface area contributed by atoms with Gasteiger partial charge in [-0.05, 0) is 48.7 Å². The third-order valence-corrected chi connectivity index (χ3v) is 4.36. The van der Waals surface area contributed by atoms with E-state index < -0.39 is 17.9 Å². The Bertz CT molecular complexity index is 754. The Balaban J connectivity index is 0.00000338. The summed E-state index contributed by atoms with van der Waals surface area (Å²) in [6, 6.07) is 5.31. The van der Waals surface area contributed by atoms with Gasteiger partial charge in [-0.25, -0.2) is 4.98 Å². The van der Waals surface area contributed by atoms with Crippen molar-refractivity contribution in [2.75, 3.05) is 0 Å². The first-order valence-corrected chi connectivity index (χ1v) is 8.05. The number of aliphatic hydroxyl groups excluding tert-OH is 1. The van der Waals surface area contributed by atoms with Crippen LogP contribution in [-0.2, 0) is 6.42 Å². The van der Waals surface area contributed by atoms with Gasteiger partial charge >= 0.3 is 6.36 Å². The van der Waals surface area contributed by atoms with Crippen LogP contribution < -0.4 is 4.74 Å². The molecule has 0 aliphatic carbocycles. The molecule has 9 heteroatoms. The van der Waals surface area contributed by atoms with Crippen molar-refractivity contribution in [3.63, 3.8) is 0 Å². The monoisotopic (exact) mass is 391 g/mol. The third kappa shape index (κ3) is 5.57. The lowest BCUT2D eigenvalue weighted by atomic mass is 9.78. The molecule has 1 aromatic heterocycles. The number of H-pyrrole nitrogens is 1. The van der Waals surface area contributed by atoms with Gasteiger partial charge in [0.25, 0.3) is 0 Å². The number of rotatable bonds is 6. The van der Waals surface area contributed by atoms with Crippen LogP contribution in [0.2, 0.25) is 0 Å². The van der Waals surface area contributed by atoms with Crippen LogP contribution in [0.3, 0.4) is 0 Å². The summed E-state index contributed by atoms with van der Waals surface area (Å²) in [5.74, 6) is -0.272. The van der Waals surface area contributed by atoms with Crippen molar-refractivity contribution in [1.82, 2.24) is 14.8 Å². The van der Waals surface area contributed by atoms with E-state index in [2.05, 4.69) is 14.8 Å². The van der Waals surface area contributed by atoms with E-state index in [1.807, 2.05) is 20.8 Å². The lowest BCUT2D eigenvalue weighted by Gasteiger charge is -2.34. The quantitative estimate of drug-likeness (QED) is 0.703. The van der Waals surface area contributed by atoms with Crippen molar-refractivity contribution in [3.8, 4) is 5.75 Å². The van der Waals surface area contributed by atoms with E-state index in [-0.39, 0.29) is 19.2 Å². The number of nitrogens with zero attached hydrogens (tertiary/aromatic N) is 2. The minimum absolute atomic E-state index is 0. The first kappa shape index (κ1) is 22.2. The summed E-state index contributed by atoms with van der Waals surface area (Å²) in [7, 11) is 0. The molecule has 0 fully saturated rings. The van der Waals surface area contributed by atoms with Gasteiger partial charge in [0, 0.05) is 0 Å². The number of halogens is 3. The molecule has 5 nitrogen and oxygen atoms in total. The summed E-state index contributed by atoms with van der Waals surface area (Å²) >= 11 is 5.09. The molecule has 2 aromatic rings. The molecular weight excluding hydrogens is 367 g/mol. The van der Waals surface area contributed by atoms with Gasteiger partial charge in [0.2, 0.25) is 4.77 Å². The molecule has 0 saturated heterocycles. The van der Waals surface area contributed by atoms with Crippen molar-refractivity contribution in [2.45, 2.75) is 53.1 Å². The number of aromatic amines is 1. The van der Waals surface area contributed by atoms with Gasteiger partial charge in [-0.15, -0.1) is 13.2 Å². The largest absolute Gasteiger partial charge is 0.573 e. The molecule has 0 bridgehead atoms. The predicted molar refractivity (Wildman–Crippen MR) is 95.5 cm³/mol. The summed E-state index contributed by atoms with van der Waals surface area (Å²) < 4.78 is 42.4. The van der Waals surface area contributed by atoms with Gasteiger partial charge in [0.05, 0.1) is 12.1 Å². The number of aromatic nitrogens is 3. The van der Waals surface area contributed by atoms with Crippen molar-refractivity contribution in [3.05, 3.63) is 40.9 Å². The fraction of sp³-hybridized carbons (Fsp3) is 0.529. The number of alkyl halides is 3. The van der Waals surface area contributed by atoms with E-state index in [9.17, 15) is 18.3 Å². The van der Waals surface area contributed by atoms with Crippen LogP contribution in [0.1, 0.15) is 39.8 Å². The average Bonchev–Trinajstić information content (AvgIpc) is 2.92. The smallest absolute Gasteiger partial charge is 0.406 e. The molecule has 0 saturated carbocycles. The van der Waals surface area contributed by atoms with Gasteiger partial charge in [-0.1, -0.05) is 33.4 Å².